The van der Waals surface area contributed by atoms with Crippen LogP contribution in [0.2, 0.25) is 5.02 Å². The molecule has 1 aromatic carbocycles. The number of carbonyl (C=O) groups is 2. The minimum absolute atomic E-state index is 0.0225. The van der Waals surface area contributed by atoms with E-state index in [1.165, 1.54) is 36.6 Å². The predicted molar refractivity (Wildman–Crippen MR) is 152 cm³/mol. The van der Waals surface area contributed by atoms with Gasteiger partial charge in [0.1, 0.15) is 17.5 Å². The first-order valence-corrected chi connectivity index (χ1v) is 14.6. The van der Waals surface area contributed by atoms with Gasteiger partial charge in [-0.1, -0.05) is 17.7 Å². The van der Waals surface area contributed by atoms with Gasteiger partial charge in [-0.05, 0) is 45.7 Å². The van der Waals surface area contributed by atoms with Crippen LogP contribution in [0.1, 0.15) is 50.2 Å². The lowest BCUT2D eigenvalue weighted by atomic mass is 9.89. The molecule has 41 heavy (non-hydrogen) atoms. The summed E-state index contributed by atoms with van der Waals surface area (Å²) >= 11 is 7.88. The molecule has 10 nitrogen and oxygen atoms in total. The smallest absolute Gasteiger partial charge is 0.407 e. The number of nitrogens with one attached hydrogen (secondary N) is 2. The third-order valence-corrected chi connectivity index (χ3v) is 8.26. The van der Waals surface area contributed by atoms with E-state index in [2.05, 4.69) is 20.5 Å². The minimum Gasteiger partial charge on any atom is -0.466 e. The number of rotatable bonds is 6. The molecule has 2 fully saturated rings. The van der Waals surface area contributed by atoms with Gasteiger partial charge in [0.05, 0.1) is 25.9 Å². The number of nitrogens with zero attached hydrogens (tertiary/aromatic N) is 3. The van der Waals surface area contributed by atoms with Gasteiger partial charge in [-0.3, -0.25) is 9.89 Å². The third-order valence-electron chi connectivity index (χ3n) is 7.16. The quantitative estimate of drug-likeness (QED) is 0.471. The Hall–Kier alpha value is -3.06. The number of benzene rings is 1. The van der Waals surface area contributed by atoms with Gasteiger partial charge >= 0.3 is 12.1 Å². The fraction of sp³-hybridized carbons (Fsp3) is 0.500. The molecule has 0 radical (unpaired) electrons. The number of esters is 1. The first-order chi connectivity index (χ1) is 19.5. The molecule has 220 valence electrons. The Bertz CT molecular complexity index is 1350. The van der Waals surface area contributed by atoms with Crippen molar-refractivity contribution < 1.29 is 28.2 Å². The molecule has 2 N–H and O–H groups in total. The number of methoxy groups -OCH3 is 1. The molecule has 3 unspecified atom stereocenters. The summed E-state index contributed by atoms with van der Waals surface area (Å²) in [5.41, 5.74) is 0.769. The van der Waals surface area contributed by atoms with Crippen molar-refractivity contribution in [3.63, 3.8) is 0 Å². The van der Waals surface area contributed by atoms with Gasteiger partial charge in [-0.15, -0.1) is 11.3 Å². The van der Waals surface area contributed by atoms with Crippen molar-refractivity contribution in [1.29, 1.82) is 0 Å². The average Bonchev–Trinajstić information content (AvgIpc) is 3.42. The maximum absolute atomic E-state index is 13.9. The lowest BCUT2D eigenvalue weighted by Gasteiger charge is -2.49. The Balaban J connectivity index is 1.46. The van der Waals surface area contributed by atoms with Crippen LogP contribution in [0.5, 0.6) is 0 Å². The number of morpholine rings is 1. The maximum atomic E-state index is 13.9. The van der Waals surface area contributed by atoms with Crippen LogP contribution in [0, 0.1) is 5.82 Å². The van der Waals surface area contributed by atoms with Gasteiger partial charge < -0.3 is 24.8 Å². The van der Waals surface area contributed by atoms with E-state index >= 15 is 0 Å². The Morgan fingerprint density at radius 2 is 2.00 bits per heavy atom. The molecule has 2 saturated heterocycles. The summed E-state index contributed by atoms with van der Waals surface area (Å²) < 4.78 is 30.5. The highest BCUT2D eigenvalue weighted by atomic mass is 35.5. The zero-order chi connectivity index (χ0) is 29.3. The molecular formula is C28H33ClFN5O5S. The monoisotopic (exact) mass is 605 g/mol. The molecule has 0 spiro atoms. The van der Waals surface area contributed by atoms with E-state index in [-0.39, 0.29) is 28.7 Å². The highest BCUT2D eigenvalue weighted by Crippen LogP contribution is 2.38. The van der Waals surface area contributed by atoms with Crippen LogP contribution in [0.15, 0.2) is 46.0 Å². The fourth-order valence-corrected chi connectivity index (χ4v) is 6.35. The van der Waals surface area contributed by atoms with Crippen molar-refractivity contribution in [3.05, 3.63) is 62.5 Å². The number of aromatic nitrogens is 1. The van der Waals surface area contributed by atoms with Gasteiger partial charge in [0.25, 0.3) is 0 Å². The number of alkyl carbamates (subject to hydrolysis) is 1. The number of ether oxygens (including phenoxy) is 3. The van der Waals surface area contributed by atoms with Crippen LogP contribution >= 0.6 is 22.9 Å². The molecule has 0 aliphatic carbocycles. The number of piperidine rings is 1. The van der Waals surface area contributed by atoms with Crippen molar-refractivity contribution >= 4 is 40.8 Å². The Labute approximate surface area is 246 Å². The Kier molecular flexibility index (Phi) is 8.65. The number of hydrogen-bond acceptors (Lipinski definition) is 10. The van der Waals surface area contributed by atoms with Gasteiger partial charge in [-0.2, -0.15) is 0 Å². The second kappa shape index (κ2) is 12.0. The summed E-state index contributed by atoms with van der Waals surface area (Å²) in [4.78, 5) is 37.2. The van der Waals surface area contributed by atoms with Crippen molar-refractivity contribution in [2.45, 2.75) is 63.4 Å². The summed E-state index contributed by atoms with van der Waals surface area (Å²) in [6.07, 6.45) is 2.53. The van der Waals surface area contributed by atoms with E-state index in [0.717, 1.165) is 0 Å². The molecule has 4 heterocycles. The molecule has 1 amide bonds. The summed E-state index contributed by atoms with van der Waals surface area (Å²) in [6, 6.07) is 3.07. The molecule has 13 heteroatoms. The lowest BCUT2D eigenvalue weighted by molar-refractivity contribution is -0.136. The van der Waals surface area contributed by atoms with Gasteiger partial charge in [0.2, 0.25) is 0 Å². The number of amidine groups is 1. The standard InChI is InChI=1S/C28H33ClFN5O5S/c1-28(2,3)40-27(37)32-16-10-17-13-39-14-18(11-16)35(17)12-21-22(26(36)38-4)23(19-6-5-15(30)9-20(19)29)34-24(33-21)25-31-7-8-41-25/h5-9,16-18,23H,10-14H2,1-4H3,(H,32,37)(H,33,34). The van der Waals surface area contributed by atoms with Crippen molar-refractivity contribution in [2.75, 3.05) is 26.9 Å². The number of fused-ring (bicyclic) bond motifs is 2. The van der Waals surface area contributed by atoms with Crippen molar-refractivity contribution in [3.8, 4) is 0 Å². The molecule has 5 rings (SSSR count). The number of hydrogen-bond donors (Lipinski definition) is 2. The van der Waals surface area contributed by atoms with Crippen LogP contribution in [0.4, 0.5) is 9.18 Å². The van der Waals surface area contributed by atoms with Crippen molar-refractivity contribution in [2.24, 2.45) is 4.99 Å². The molecule has 1 aromatic heterocycles. The predicted octanol–water partition coefficient (Wildman–Crippen LogP) is 4.21. The normalized spacial score (nSPS) is 24.8. The zero-order valence-electron chi connectivity index (χ0n) is 23.3. The van der Waals surface area contributed by atoms with Gasteiger partial charge in [0.15, 0.2) is 10.8 Å². The van der Waals surface area contributed by atoms with Gasteiger partial charge in [0, 0.05) is 52.5 Å². The number of thiazole rings is 1. The number of amides is 1. The highest BCUT2D eigenvalue weighted by molar-refractivity contribution is 7.11. The molecule has 3 atom stereocenters. The molecule has 0 saturated carbocycles. The minimum atomic E-state index is -0.840. The number of halogens is 2. The molecule has 3 aliphatic rings. The summed E-state index contributed by atoms with van der Waals surface area (Å²) in [5.74, 6) is -0.574. The van der Waals surface area contributed by atoms with E-state index in [1.807, 2.05) is 26.2 Å². The van der Waals surface area contributed by atoms with Crippen LogP contribution in [0.3, 0.4) is 0 Å². The second-order valence-corrected chi connectivity index (χ2v) is 12.5. The van der Waals surface area contributed by atoms with E-state index in [0.29, 0.717) is 54.7 Å². The Morgan fingerprint density at radius 1 is 1.27 bits per heavy atom. The SMILES string of the molecule is COC(=O)C1=C(CN2C3COCC2CC(NC(=O)OC(C)(C)C)C3)NC(c2nccs2)=NC1c1ccc(F)cc1Cl. The molecule has 3 aliphatic heterocycles. The van der Waals surface area contributed by atoms with E-state index in [9.17, 15) is 14.0 Å². The average molecular weight is 606 g/mol. The fourth-order valence-electron chi connectivity index (χ4n) is 5.49. The first kappa shape index (κ1) is 29.4. The maximum Gasteiger partial charge on any atom is 0.407 e. The second-order valence-electron chi connectivity index (χ2n) is 11.2. The summed E-state index contributed by atoms with van der Waals surface area (Å²) in [6.45, 7) is 6.81. The van der Waals surface area contributed by atoms with Crippen LogP contribution in [-0.4, -0.2) is 78.4 Å². The van der Waals surface area contributed by atoms with Crippen LogP contribution < -0.4 is 10.6 Å². The largest absolute Gasteiger partial charge is 0.466 e. The summed E-state index contributed by atoms with van der Waals surface area (Å²) in [5, 5.41) is 8.98. The van der Waals surface area contributed by atoms with E-state index in [4.69, 9.17) is 30.8 Å². The number of carbonyl (C=O) groups excluding carboxylic acids is 2. The van der Waals surface area contributed by atoms with E-state index < -0.39 is 29.5 Å². The first-order valence-electron chi connectivity index (χ1n) is 13.4. The van der Waals surface area contributed by atoms with Crippen molar-refractivity contribution in [1.82, 2.24) is 20.5 Å². The highest BCUT2D eigenvalue weighted by Gasteiger charge is 2.42. The zero-order valence-corrected chi connectivity index (χ0v) is 24.9. The molecule has 2 aromatic rings. The van der Waals surface area contributed by atoms with Gasteiger partial charge in [-0.25, -0.2) is 19.0 Å². The molecule has 2 bridgehead atoms. The third kappa shape index (κ3) is 6.72. The van der Waals surface area contributed by atoms with Crippen LogP contribution in [0.25, 0.3) is 0 Å². The summed E-state index contributed by atoms with van der Waals surface area (Å²) in [7, 11) is 1.31. The van der Waals surface area contributed by atoms with E-state index in [1.54, 1.807) is 6.20 Å². The number of aliphatic imine (C=N–C) groups is 1. The lowest BCUT2D eigenvalue weighted by Crippen LogP contribution is -2.61. The topological polar surface area (TPSA) is 114 Å². The van der Waals surface area contributed by atoms with Crippen LogP contribution in [-0.2, 0) is 19.0 Å². The molecular weight excluding hydrogens is 573 g/mol. The Morgan fingerprint density at radius 3 is 2.61 bits per heavy atom.